The summed E-state index contributed by atoms with van der Waals surface area (Å²) < 4.78 is 2.30. The summed E-state index contributed by atoms with van der Waals surface area (Å²) in [5, 5.41) is 0. The number of rotatable bonds is 3. The van der Waals surface area contributed by atoms with Gasteiger partial charge in [-0.2, -0.15) is 0 Å². The molecule has 2 N–H and O–H groups in total. The number of fused-ring (bicyclic) bond motifs is 1. The zero-order chi connectivity index (χ0) is 13.4. The minimum Gasteiger partial charge on any atom is -0.330 e. The highest BCUT2D eigenvalue weighted by atomic mass is 15.1. The molecule has 2 aromatic heterocycles. The fraction of sp³-hybridized carbons (Fsp3) is 0.600. The van der Waals surface area contributed by atoms with Gasteiger partial charge >= 0.3 is 0 Å². The van der Waals surface area contributed by atoms with E-state index in [0.29, 0.717) is 17.9 Å². The molecule has 0 aliphatic heterocycles. The zero-order valence-corrected chi connectivity index (χ0v) is 11.7. The van der Waals surface area contributed by atoms with E-state index in [1.165, 1.54) is 25.1 Å². The lowest BCUT2D eigenvalue weighted by atomic mass is 9.95. The molecule has 3 rings (SSSR count). The Morgan fingerprint density at radius 1 is 1.42 bits per heavy atom. The van der Waals surface area contributed by atoms with Crippen LogP contribution in [-0.2, 0) is 0 Å². The van der Waals surface area contributed by atoms with Gasteiger partial charge in [0.15, 0.2) is 5.65 Å². The lowest BCUT2D eigenvalue weighted by Gasteiger charge is -2.21. The van der Waals surface area contributed by atoms with E-state index >= 15 is 0 Å². The summed E-state index contributed by atoms with van der Waals surface area (Å²) in [7, 11) is 0. The molecule has 4 heteroatoms. The topological polar surface area (TPSA) is 56.7 Å². The van der Waals surface area contributed by atoms with E-state index < -0.39 is 0 Å². The van der Waals surface area contributed by atoms with Gasteiger partial charge in [-0.25, -0.2) is 9.97 Å². The lowest BCUT2D eigenvalue weighted by molar-refractivity contribution is 0.446. The van der Waals surface area contributed by atoms with E-state index in [1.807, 2.05) is 12.3 Å². The number of imidazole rings is 1. The van der Waals surface area contributed by atoms with E-state index in [2.05, 4.69) is 29.5 Å². The van der Waals surface area contributed by atoms with Gasteiger partial charge in [-0.05, 0) is 51.3 Å². The molecular weight excluding hydrogens is 236 g/mol. The second kappa shape index (κ2) is 4.93. The van der Waals surface area contributed by atoms with Crippen molar-refractivity contribution in [2.75, 3.05) is 6.54 Å². The van der Waals surface area contributed by atoms with Crippen LogP contribution >= 0.6 is 0 Å². The summed E-state index contributed by atoms with van der Waals surface area (Å²) in [5.41, 5.74) is 7.95. The van der Waals surface area contributed by atoms with Gasteiger partial charge in [-0.1, -0.05) is 6.42 Å². The van der Waals surface area contributed by atoms with Crippen molar-refractivity contribution in [3.05, 3.63) is 24.2 Å². The summed E-state index contributed by atoms with van der Waals surface area (Å²) in [4.78, 5) is 9.37. The zero-order valence-electron chi connectivity index (χ0n) is 11.7. The predicted molar refractivity (Wildman–Crippen MR) is 77.0 cm³/mol. The summed E-state index contributed by atoms with van der Waals surface area (Å²) in [6.07, 6.45) is 5.55. The van der Waals surface area contributed by atoms with Crippen LogP contribution in [0.1, 0.15) is 50.9 Å². The van der Waals surface area contributed by atoms with Gasteiger partial charge in [0.05, 0.1) is 0 Å². The highest BCUT2D eigenvalue weighted by molar-refractivity contribution is 5.71. The SMILES string of the molecule is CC(C)n1c(C2CCCC2CN)nc2cccnc21. The summed E-state index contributed by atoms with van der Waals surface area (Å²) >= 11 is 0. The molecule has 2 aromatic rings. The fourth-order valence-electron chi connectivity index (χ4n) is 3.38. The molecule has 0 bridgehead atoms. The Morgan fingerprint density at radius 3 is 3.00 bits per heavy atom. The molecule has 0 spiro atoms. The second-order valence-corrected chi connectivity index (χ2v) is 5.81. The third-order valence-corrected chi connectivity index (χ3v) is 4.29. The fourth-order valence-corrected chi connectivity index (χ4v) is 3.38. The molecule has 1 fully saturated rings. The third-order valence-electron chi connectivity index (χ3n) is 4.29. The first kappa shape index (κ1) is 12.6. The number of hydrogen-bond acceptors (Lipinski definition) is 3. The summed E-state index contributed by atoms with van der Waals surface area (Å²) in [5.74, 6) is 2.27. The van der Waals surface area contributed by atoms with E-state index in [0.717, 1.165) is 17.7 Å². The van der Waals surface area contributed by atoms with Crippen molar-refractivity contribution in [2.24, 2.45) is 11.7 Å². The van der Waals surface area contributed by atoms with E-state index in [1.54, 1.807) is 0 Å². The lowest BCUT2D eigenvalue weighted by Crippen LogP contribution is -2.21. The van der Waals surface area contributed by atoms with Crippen LogP contribution in [0.4, 0.5) is 0 Å². The van der Waals surface area contributed by atoms with Gasteiger partial charge in [0, 0.05) is 18.2 Å². The molecule has 4 nitrogen and oxygen atoms in total. The molecule has 0 amide bonds. The molecule has 0 radical (unpaired) electrons. The van der Waals surface area contributed by atoms with Crippen molar-refractivity contribution in [2.45, 2.75) is 45.1 Å². The van der Waals surface area contributed by atoms with Crippen molar-refractivity contribution >= 4 is 11.2 Å². The van der Waals surface area contributed by atoms with Crippen LogP contribution in [0.15, 0.2) is 18.3 Å². The molecule has 1 aliphatic carbocycles. The molecule has 102 valence electrons. The van der Waals surface area contributed by atoms with Gasteiger partial charge < -0.3 is 10.3 Å². The van der Waals surface area contributed by atoms with Crippen LogP contribution < -0.4 is 5.73 Å². The predicted octanol–water partition coefficient (Wildman–Crippen LogP) is 2.85. The molecule has 0 aromatic carbocycles. The monoisotopic (exact) mass is 258 g/mol. The maximum absolute atomic E-state index is 5.93. The van der Waals surface area contributed by atoms with Gasteiger partial charge in [-0.15, -0.1) is 0 Å². The maximum Gasteiger partial charge on any atom is 0.160 e. The van der Waals surface area contributed by atoms with Crippen LogP contribution in [0.3, 0.4) is 0 Å². The van der Waals surface area contributed by atoms with E-state index in [9.17, 15) is 0 Å². The number of aromatic nitrogens is 3. The van der Waals surface area contributed by atoms with Gasteiger partial charge in [0.1, 0.15) is 11.3 Å². The summed E-state index contributed by atoms with van der Waals surface area (Å²) in [6, 6.07) is 4.39. The van der Waals surface area contributed by atoms with Gasteiger partial charge in [0.2, 0.25) is 0 Å². The smallest absolute Gasteiger partial charge is 0.160 e. The number of hydrogen-bond donors (Lipinski definition) is 1. The van der Waals surface area contributed by atoms with Crippen LogP contribution in [0, 0.1) is 5.92 Å². The molecule has 2 atom stereocenters. The second-order valence-electron chi connectivity index (χ2n) is 5.81. The Kier molecular flexibility index (Phi) is 3.27. The Bertz CT molecular complexity index is 573. The molecule has 2 unspecified atom stereocenters. The minimum absolute atomic E-state index is 0.383. The molecule has 19 heavy (non-hydrogen) atoms. The Labute approximate surface area is 114 Å². The average Bonchev–Trinajstić information content (AvgIpc) is 3.01. The number of nitrogens with zero attached hydrogens (tertiary/aromatic N) is 3. The highest BCUT2D eigenvalue weighted by Crippen LogP contribution is 2.40. The normalized spacial score (nSPS) is 23.6. The molecule has 1 aliphatic rings. The van der Waals surface area contributed by atoms with Gasteiger partial charge in [0.25, 0.3) is 0 Å². The van der Waals surface area contributed by atoms with Gasteiger partial charge in [-0.3, -0.25) is 0 Å². The van der Waals surface area contributed by atoms with Crippen LogP contribution in [0.25, 0.3) is 11.2 Å². The first-order valence-electron chi connectivity index (χ1n) is 7.25. The third kappa shape index (κ3) is 2.04. The largest absolute Gasteiger partial charge is 0.330 e. The standard InChI is InChI=1S/C15H22N4/c1-10(2)19-14(12-6-3-5-11(12)9-16)18-13-7-4-8-17-15(13)19/h4,7-8,10-12H,3,5-6,9,16H2,1-2H3. The van der Waals surface area contributed by atoms with Crippen molar-refractivity contribution in [1.29, 1.82) is 0 Å². The number of nitrogens with two attached hydrogens (primary N) is 1. The Morgan fingerprint density at radius 2 is 2.26 bits per heavy atom. The van der Waals surface area contributed by atoms with Crippen molar-refractivity contribution in [3.63, 3.8) is 0 Å². The highest BCUT2D eigenvalue weighted by Gasteiger charge is 2.32. The maximum atomic E-state index is 5.93. The molecule has 0 saturated heterocycles. The molecular formula is C15H22N4. The quantitative estimate of drug-likeness (QED) is 0.921. The van der Waals surface area contributed by atoms with Crippen molar-refractivity contribution in [3.8, 4) is 0 Å². The van der Waals surface area contributed by atoms with E-state index in [4.69, 9.17) is 10.7 Å². The van der Waals surface area contributed by atoms with Crippen molar-refractivity contribution < 1.29 is 0 Å². The molecule has 2 heterocycles. The number of pyridine rings is 1. The van der Waals surface area contributed by atoms with Crippen molar-refractivity contribution in [1.82, 2.24) is 14.5 Å². The van der Waals surface area contributed by atoms with E-state index in [-0.39, 0.29) is 0 Å². The average molecular weight is 258 g/mol. The van der Waals surface area contributed by atoms with Crippen LogP contribution in [-0.4, -0.2) is 21.1 Å². The Balaban J connectivity index is 2.14. The van der Waals surface area contributed by atoms with Crippen LogP contribution in [0.5, 0.6) is 0 Å². The first-order chi connectivity index (χ1) is 9.22. The Hall–Kier alpha value is -1.42. The first-order valence-corrected chi connectivity index (χ1v) is 7.25. The molecule has 1 saturated carbocycles. The van der Waals surface area contributed by atoms with Crippen LogP contribution in [0.2, 0.25) is 0 Å². The summed E-state index contributed by atoms with van der Waals surface area (Å²) in [6.45, 7) is 5.16. The minimum atomic E-state index is 0.383.